The molecule has 0 saturated carbocycles. The molecule has 0 radical (unpaired) electrons. The van der Waals surface area contributed by atoms with Crippen LogP contribution in [0.5, 0.6) is 0 Å². The number of fused-ring (bicyclic) bond motifs is 1. The van der Waals surface area contributed by atoms with Gasteiger partial charge in [0, 0.05) is 54.2 Å². The van der Waals surface area contributed by atoms with Gasteiger partial charge in [-0.15, -0.1) is 0 Å². The van der Waals surface area contributed by atoms with Crippen molar-refractivity contribution in [2.24, 2.45) is 5.92 Å². The molecule has 0 unspecified atom stereocenters. The number of aryl methyl sites for hydroxylation is 1. The minimum Gasteiger partial charge on any atom is -0.356 e. The number of hydrogen-bond donors (Lipinski definition) is 0. The van der Waals surface area contributed by atoms with E-state index in [9.17, 15) is 0 Å². The van der Waals surface area contributed by atoms with Gasteiger partial charge >= 0.3 is 0 Å². The summed E-state index contributed by atoms with van der Waals surface area (Å²) in [5.74, 6) is 2.93. The third kappa shape index (κ3) is 2.85. The van der Waals surface area contributed by atoms with Crippen LogP contribution >= 0.6 is 15.9 Å². The Labute approximate surface area is 144 Å². The van der Waals surface area contributed by atoms with E-state index < -0.39 is 0 Å². The number of pyridine rings is 1. The molecule has 0 amide bonds. The molecule has 0 aliphatic carbocycles. The Morgan fingerprint density at radius 2 is 2.04 bits per heavy atom. The maximum atomic E-state index is 4.80. The summed E-state index contributed by atoms with van der Waals surface area (Å²) in [7, 11) is 0. The van der Waals surface area contributed by atoms with Crippen LogP contribution in [0.25, 0.3) is 10.9 Å². The van der Waals surface area contributed by atoms with Crippen LogP contribution in [0.2, 0.25) is 0 Å². The van der Waals surface area contributed by atoms with E-state index in [1.54, 1.807) is 0 Å². The number of nitrogens with zero attached hydrogens (tertiary/aromatic N) is 4. The van der Waals surface area contributed by atoms with Crippen molar-refractivity contribution in [3.05, 3.63) is 53.0 Å². The van der Waals surface area contributed by atoms with Crippen LogP contribution < -0.4 is 4.90 Å². The molecule has 1 fully saturated rings. The molecule has 0 atom stereocenters. The lowest BCUT2D eigenvalue weighted by atomic mass is 10.00. The Hall–Kier alpha value is -1.88. The van der Waals surface area contributed by atoms with E-state index in [1.165, 1.54) is 11.2 Å². The maximum absolute atomic E-state index is 4.80. The fraction of sp³-hybridized carbons (Fsp3) is 0.333. The average molecular weight is 371 g/mol. The summed E-state index contributed by atoms with van der Waals surface area (Å²) in [4.78, 5) is 11.6. The van der Waals surface area contributed by atoms with Crippen molar-refractivity contribution < 1.29 is 0 Å². The molecule has 23 heavy (non-hydrogen) atoms. The first-order chi connectivity index (χ1) is 11.2. The summed E-state index contributed by atoms with van der Waals surface area (Å²) in [6.45, 7) is 5.34. The molecule has 0 spiro atoms. The average Bonchev–Trinajstić information content (AvgIpc) is 2.97. The van der Waals surface area contributed by atoms with E-state index in [1.807, 2.05) is 6.20 Å². The van der Waals surface area contributed by atoms with Gasteiger partial charge in [-0.05, 0) is 24.3 Å². The lowest BCUT2D eigenvalue weighted by Crippen LogP contribution is -2.49. The minimum absolute atomic E-state index is 0.675. The second-order valence-corrected chi connectivity index (χ2v) is 7.04. The summed E-state index contributed by atoms with van der Waals surface area (Å²) in [5.41, 5.74) is 1.04. The molecule has 1 saturated heterocycles. The van der Waals surface area contributed by atoms with Crippen molar-refractivity contribution in [1.29, 1.82) is 0 Å². The molecule has 5 heteroatoms. The SMILES string of the molecule is CCc1nccn1CC1CN(c2ccc3ccc(Br)cc3n2)C1. The normalized spacial score (nSPS) is 15.1. The molecule has 3 heterocycles. The number of imidazole rings is 1. The van der Waals surface area contributed by atoms with Crippen LogP contribution in [-0.2, 0) is 13.0 Å². The van der Waals surface area contributed by atoms with Gasteiger partial charge in [-0.25, -0.2) is 9.97 Å². The van der Waals surface area contributed by atoms with Crippen LogP contribution in [0.4, 0.5) is 5.82 Å². The van der Waals surface area contributed by atoms with Crippen LogP contribution in [0.1, 0.15) is 12.7 Å². The number of hydrogen-bond acceptors (Lipinski definition) is 3. The largest absolute Gasteiger partial charge is 0.356 e. The highest BCUT2D eigenvalue weighted by molar-refractivity contribution is 9.10. The van der Waals surface area contributed by atoms with Crippen molar-refractivity contribution in [2.45, 2.75) is 19.9 Å². The fourth-order valence-corrected chi connectivity index (χ4v) is 3.58. The van der Waals surface area contributed by atoms with E-state index in [2.05, 4.69) is 73.8 Å². The molecule has 1 aromatic carbocycles. The molecule has 2 aromatic heterocycles. The number of halogens is 1. The van der Waals surface area contributed by atoms with Crippen molar-refractivity contribution in [2.75, 3.05) is 18.0 Å². The standard InChI is InChI=1S/C18H19BrN4/c1-2-17-20-7-8-22(17)10-13-11-23(12-13)18-6-4-14-3-5-15(19)9-16(14)21-18/h3-9,13H,2,10-12H2,1H3. The van der Waals surface area contributed by atoms with Gasteiger partial charge in [0.05, 0.1) is 5.52 Å². The molecule has 1 aliphatic heterocycles. The maximum Gasteiger partial charge on any atom is 0.129 e. The zero-order valence-electron chi connectivity index (χ0n) is 13.1. The highest BCUT2D eigenvalue weighted by atomic mass is 79.9. The molecule has 4 rings (SSSR count). The van der Waals surface area contributed by atoms with Crippen molar-refractivity contribution in [1.82, 2.24) is 14.5 Å². The quantitative estimate of drug-likeness (QED) is 0.698. The van der Waals surface area contributed by atoms with Gasteiger partial charge in [0.15, 0.2) is 0 Å². The van der Waals surface area contributed by atoms with Gasteiger partial charge in [0.2, 0.25) is 0 Å². The highest BCUT2D eigenvalue weighted by Gasteiger charge is 2.28. The Kier molecular flexibility index (Phi) is 3.81. The predicted octanol–water partition coefficient (Wildman–Crippen LogP) is 3.89. The Balaban J connectivity index is 1.45. The van der Waals surface area contributed by atoms with Crippen LogP contribution in [0.15, 0.2) is 47.2 Å². The topological polar surface area (TPSA) is 34.0 Å². The van der Waals surface area contributed by atoms with Crippen molar-refractivity contribution in [3.63, 3.8) is 0 Å². The van der Waals surface area contributed by atoms with E-state index in [0.717, 1.165) is 41.9 Å². The lowest BCUT2D eigenvalue weighted by molar-refractivity contribution is 0.351. The molecule has 1 aliphatic rings. The van der Waals surface area contributed by atoms with E-state index in [-0.39, 0.29) is 0 Å². The number of anilines is 1. The zero-order valence-corrected chi connectivity index (χ0v) is 14.7. The molecular formula is C18H19BrN4. The first-order valence-electron chi connectivity index (χ1n) is 8.04. The Morgan fingerprint density at radius 3 is 2.87 bits per heavy atom. The van der Waals surface area contributed by atoms with Gasteiger partial charge < -0.3 is 9.47 Å². The second-order valence-electron chi connectivity index (χ2n) is 6.13. The van der Waals surface area contributed by atoms with Crippen molar-refractivity contribution in [3.8, 4) is 0 Å². The first-order valence-corrected chi connectivity index (χ1v) is 8.83. The molecular weight excluding hydrogens is 352 g/mol. The number of benzene rings is 1. The van der Waals surface area contributed by atoms with E-state index >= 15 is 0 Å². The summed E-state index contributed by atoms with van der Waals surface area (Å²) in [6, 6.07) is 10.5. The van der Waals surface area contributed by atoms with Gasteiger partial charge in [-0.3, -0.25) is 0 Å². The smallest absolute Gasteiger partial charge is 0.129 e. The summed E-state index contributed by atoms with van der Waals surface area (Å²) in [5, 5.41) is 1.18. The van der Waals surface area contributed by atoms with Gasteiger partial charge in [0.25, 0.3) is 0 Å². The van der Waals surface area contributed by atoms with Crippen LogP contribution in [0.3, 0.4) is 0 Å². The summed E-state index contributed by atoms with van der Waals surface area (Å²) >= 11 is 3.52. The molecule has 0 bridgehead atoms. The third-order valence-electron chi connectivity index (χ3n) is 4.49. The monoisotopic (exact) mass is 370 g/mol. The number of aromatic nitrogens is 3. The van der Waals surface area contributed by atoms with Gasteiger partial charge in [0.1, 0.15) is 11.6 Å². The van der Waals surface area contributed by atoms with Crippen molar-refractivity contribution >= 4 is 32.7 Å². The Morgan fingerprint density at radius 1 is 1.22 bits per heavy atom. The van der Waals surface area contributed by atoms with Gasteiger partial charge in [-0.2, -0.15) is 0 Å². The Bertz CT molecular complexity index is 836. The van der Waals surface area contributed by atoms with E-state index in [4.69, 9.17) is 4.98 Å². The second kappa shape index (κ2) is 5.96. The third-order valence-corrected chi connectivity index (χ3v) is 4.99. The van der Waals surface area contributed by atoms with Crippen LogP contribution in [0, 0.1) is 5.92 Å². The molecule has 118 valence electrons. The molecule has 4 nitrogen and oxygen atoms in total. The highest BCUT2D eigenvalue weighted by Crippen LogP contribution is 2.27. The first kappa shape index (κ1) is 14.7. The molecule has 3 aromatic rings. The van der Waals surface area contributed by atoms with Crippen LogP contribution in [-0.4, -0.2) is 27.6 Å². The molecule has 0 N–H and O–H groups in total. The fourth-order valence-electron chi connectivity index (χ4n) is 3.23. The predicted molar refractivity (Wildman–Crippen MR) is 96.8 cm³/mol. The summed E-state index contributed by atoms with van der Waals surface area (Å²) < 4.78 is 3.36. The minimum atomic E-state index is 0.675. The van der Waals surface area contributed by atoms with E-state index in [0.29, 0.717) is 5.92 Å². The van der Waals surface area contributed by atoms with Gasteiger partial charge in [-0.1, -0.05) is 28.9 Å². The summed E-state index contributed by atoms with van der Waals surface area (Å²) in [6.07, 6.45) is 4.98. The number of rotatable bonds is 4. The zero-order chi connectivity index (χ0) is 15.8. The lowest BCUT2D eigenvalue weighted by Gasteiger charge is -2.40.